The van der Waals surface area contributed by atoms with Gasteiger partial charge in [0.1, 0.15) is 23.6 Å². The van der Waals surface area contributed by atoms with Crippen molar-refractivity contribution in [3.05, 3.63) is 42.7 Å². The Labute approximate surface area is 122 Å². The molecular formula is C16H15N3O2. The molecule has 0 spiro atoms. The molecule has 0 aliphatic heterocycles. The molecule has 2 aromatic carbocycles. The molecule has 3 rings (SSSR count). The number of benzene rings is 2. The van der Waals surface area contributed by atoms with Crippen molar-refractivity contribution in [2.75, 3.05) is 20.0 Å². The Hall–Kier alpha value is -2.82. The van der Waals surface area contributed by atoms with Gasteiger partial charge < -0.3 is 15.2 Å². The summed E-state index contributed by atoms with van der Waals surface area (Å²) < 4.78 is 10.9. The largest absolute Gasteiger partial charge is 0.496 e. The third kappa shape index (κ3) is 2.23. The zero-order valence-corrected chi connectivity index (χ0v) is 11.8. The van der Waals surface area contributed by atoms with E-state index in [0.717, 1.165) is 33.5 Å². The summed E-state index contributed by atoms with van der Waals surface area (Å²) in [6, 6.07) is 11.5. The molecular weight excluding hydrogens is 266 g/mol. The van der Waals surface area contributed by atoms with E-state index in [1.807, 2.05) is 36.4 Å². The predicted octanol–water partition coefficient (Wildman–Crippen LogP) is 2.90. The summed E-state index contributed by atoms with van der Waals surface area (Å²) in [4.78, 5) is 8.24. The van der Waals surface area contributed by atoms with E-state index < -0.39 is 0 Å². The summed E-state index contributed by atoms with van der Waals surface area (Å²) in [5.74, 6) is 1.93. The number of rotatable bonds is 3. The van der Waals surface area contributed by atoms with Gasteiger partial charge in [-0.15, -0.1) is 0 Å². The molecule has 21 heavy (non-hydrogen) atoms. The van der Waals surface area contributed by atoms with Gasteiger partial charge in [0.05, 0.1) is 25.3 Å². The SMILES string of the molecule is COc1cccc(OC)c1-c1ccc2ncnc(N)c2c1. The van der Waals surface area contributed by atoms with E-state index in [-0.39, 0.29) is 0 Å². The summed E-state index contributed by atoms with van der Waals surface area (Å²) in [5, 5.41) is 0.808. The number of nitrogens with two attached hydrogens (primary N) is 1. The van der Waals surface area contributed by atoms with Gasteiger partial charge in [0.2, 0.25) is 0 Å². The number of ether oxygens (including phenoxy) is 2. The Morgan fingerprint density at radius 2 is 1.67 bits per heavy atom. The van der Waals surface area contributed by atoms with E-state index in [4.69, 9.17) is 15.2 Å². The zero-order chi connectivity index (χ0) is 14.8. The Morgan fingerprint density at radius 1 is 0.952 bits per heavy atom. The second-order valence-electron chi connectivity index (χ2n) is 4.53. The van der Waals surface area contributed by atoms with Gasteiger partial charge in [-0.05, 0) is 29.8 Å². The van der Waals surface area contributed by atoms with Crippen LogP contribution in [0, 0.1) is 0 Å². The molecule has 3 aromatic rings. The fourth-order valence-electron chi connectivity index (χ4n) is 2.37. The minimum atomic E-state index is 0.454. The Morgan fingerprint density at radius 3 is 2.33 bits per heavy atom. The van der Waals surface area contributed by atoms with E-state index in [0.29, 0.717) is 5.82 Å². The van der Waals surface area contributed by atoms with Gasteiger partial charge in [-0.2, -0.15) is 0 Å². The first-order valence-corrected chi connectivity index (χ1v) is 6.46. The molecule has 106 valence electrons. The maximum atomic E-state index is 5.93. The summed E-state index contributed by atoms with van der Waals surface area (Å²) in [6.07, 6.45) is 1.46. The van der Waals surface area contributed by atoms with Crippen LogP contribution in [0.25, 0.3) is 22.0 Å². The molecule has 0 aliphatic rings. The van der Waals surface area contributed by atoms with Crippen molar-refractivity contribution in [2.45, 2.75) is 0 Å². The molecule has 0 radical (unpaired) electrons. The molecule has 2 N–H and O–H groups in total. The topological polar surface area (TPSA) is 70.3 Å². The Balaban J connectivity index is 2.28. The highest BCUT2D eigenvalue weighted by Gasteiger charge is 2.13. The smallest absolute Gasteiger partial charge is 0.134 e. The Bertz CT molecular complexity index is 780. The van der Waals surface area contributed by atoms with Gasteiger partial charge in [0.25, 0.3) is 0 Å². The molecule has 0 saturated carbocycles. The van der Waals surface area contributed by atoms with E-state index in [9.17, 15) is 0 Å². The predicted molar refractivity (Wildman–Crippen MR) is 82.5 cm³/mol. The van der Waals surface area contributed by atoms with Crippen LogP contribution in [-0.4, -0.2) is 24.2 Å². The molecule has 0 aliphatic carbocycles. The van der Waals surface area contributed by atoms with E-state index in [1.54, 1.807) is 14.2 Å². The lowest BCUT2D eigenvalue weighted by molar-refractivity contribution is 0.397. The second-order valence-corrected chi connectivity index (χ2v) is 4.53. The monoisotopic (exact) mass is 281 g/mol. The average molecular weight is 281 g/mol. The number of anilines is 1. The third-order valence-corrected chi connectivity index (χ3v) is 3.38. The van der Waals surface area contributed by atoms with Crippen LogP contribution < -0.4 is 15.2 Å². The molecule has 0 fully saturated rings. The molecule has 1 heterocycles. The fraction of sp³-hybridized carbons (Fsp3) is 0.125. The zero-order valence-electron chi connectivity index (χ0n) is 11.8. The molecule has 5 nitrogen and oxygen atoms in total. The van der Waals surface area contributed by atoms with Crippen LogP contribution >= 0.6 is 0 Å². The highest BCUT2D eigenvalue weighted by Crippen LogP contribution is 2.39. The molecule has 0 saturated heterocycles. The van der Waals surface area contributed by atoms with Crippen LogP contribution in [0.5, 0.6) is 11.5 Å². The lowest BCUT2D eigenvalue weighted by Crippen LogP contribution is -1.95. The summed E-state index contributed by atoms with van der Waals surface area (Å²) >= 11 is 0. The first-order valence-electron chi connectivity index (χ1n) is 6.46. The van der Waals surface area contributed by atoms with Crippen LogP contribution in [0.1, 0.15) is 0 Å². The lowest BCUT2D eigenvalue weighted by Gasteiger charge is -2.13. The molecule has 5 heteroatoms. The maximum absolute atomic E-state index is 5.93. The highest BCUT2D eigenvalue weighted by molar-refractivity contribution is 5.93. The van der Waals surface area contributed by atoms with Crippen molar-refractivity contribution in [3.8, 4) is 22.6 Å². The van der Waals surface area contributed by atoms with Gasteiger partial charge >= 0.3 is 0 Å². The molecule has 0 amide bonds. The van der Waals surface area contributed by atoms with Crippen molar-refractivity contribution in [1.82, 2.24) is 9.97 Å². The maximum Gasteiger partial charge on any atom is 0.134 e. The number of methoxy groups -OCH3 is 2. The number of hydrogen-bond acceptors (Lipinski definition) is 5. The summed E-state index contributed by atoms with van der Waals surface area (Å²) in [5.41, 5.74) is 8.56. The summed E-state index contributed by atoms with van der Waals surface area (Å²) in [6.45, 7) is 0. The van der Waals surface area contributed by atoms with E-state index >= 15 is 0 Å². The van der Waals surface area contributed by atoms with Gasteiger partial charge in [0.15, 0.2) is 0 Å². The average Bonchev–Trinajstić information content (AvgIpc) is 2.54. The quantitative estimate of drug-likeness (QED) is 0.799. The van der Waals surface area contributed by atoms with Crippen LogP contribution in [0.2, 0.25) is 0 Å². The number of nitrogen functional groups attached to an aromatic ring is 1. The molecule has 0 bridgehead atoms. The van der Waals surface area contributed by atoms with Gasteiger partial charge in [-0.25, -0.2) is 9.97 Å². The summed E-state index contributed by atoms with van der Waals surface area (Å²) in [7, 11) is 3.27. The minimum absolute atomic E-state index is 0.454. The Kier molecular flexibility index (Phi) is 3.31. The van der Waals surface area contributed by atoms with Crippen LogP contribution in [0.15, 0.2) is 42.7 Å². The first-order chi connectivity index (χ1) is 10.2. The van der Waals surface area contributed by atoms with Gasteiger partial charge in [-0.3, -0.25) is 0 Å². The van der Waals surface area contributed by atoms with Crippen molar-refractivity contribution >= 4 is 16.7 Å². The normalized spacial score (nSPS) is 10.6. The van der Waals surface area contributed by atoms with Crippen LogP contribution in [0.4, 0.5) is 5.82 Å². The first kappa shape index (κ1) is 13.2. The van der Waals surface area contributed by atoms with Crippen molar-refractivity contribution in [2.24, 2.45) is 0 Å². The van der Waals surface area contributed by atoms with Crippen molar-refractivity contribution in [3.63, 3.8) is 0 Å². The lowest BCUT2D eigenvalue weighted by atomic mass is 10.0. The fourth-order valence-corrected chi connectivity index (χ4v) is 2.37. The molecule has 1 aromatic heterocycles. The number of fused-ring (bicyclic) bond motifs is 1. The van der Waals surface area contributed by atoms with Crippen LogP contribution in [0.3, 0.4) is 0 Å². The van der Waals surface area contributed by atoms with E-state index in [2.05, 4.69) is 9.97 Å². The second kappa shape index (κ2) is 5.28. The number of nitrogens with zero attached hydrogens (tertiary/aromatic N) is 2. The van der Waals surface area contributed by atoms with Crippen molar-refractivity contribution in [1.29, 1.82) is 0 Å². The third-order valence-electron chi connectivity index (χ3n) is 3.38. The molecule has 0 unspecified atom stereocenters. The van der Waals surface area contributed by atoms with Gasteiger partial charge in [0, 0.05) is 5.39 Å². The van der Waals surface area contributed by atoms with Crippen LogP contribution in [-0.2, 0) is 0 Å². The van der Waals surface area contributed by atoms with Gasteiger partial charge in [-0.1, -0.05) is 12.1 Å². The number of hydrogen-bond donors (Lipinski definition) is 1. The van der Waals surface area contributed by atoms with Crippen molar-refractivity contribution < 1.29 is 9.47 Å². The molecule has 0 atom stereocenters. The standard InChI is InChI=1S/C16H15N3O2/c1-20-13-4-3-5-14(21-2)15(13)10-6-7-12-11(8-10)16(17)19-9-18-12/h3-9H,1-2H3,(H2,17,18,19). The van der Waals surface area contributed by atoms with E-state index in [1.165, 1.54) is 6.33 Å². The minimum Gasteiger partial charge on any atom is -0.496 e. The highest BCUT2D eigenvalue weighted by atomic mass is 16.5. The number of aromatic nitrogens is 2.